The SMILES string of the molecule is C#CCOC(=O)N1CCC(c2nc(C(=O)NCCc3cccs3)cs2)CC1. The van der Waals surface area contributed by atoms with Crippen molar-refractivity contribution in [2.75, 3.05) is 26.2 Å². The molecule has 1 aliphatic rings. The molecule has 2 aromatic heterocycles. The van der Waals surface area contributed by atoms with E-state index < -0.39 is 0 Å². The van der Waals surface area contributed by atoms with Crippen LogP contribution < -0.4 is 5.32 Å². The van der Waals surface area contributed by atoms with Crippen molar-refractivity contribution in [3.63, 3.8) is 0 Å². The van der Waals surface area contributed by atoms with Gasteiger partial charge in [-0.15, -0.1) is 29.1 Å². The Morgan fingerprint density at radius 3 is 2.89 bits per heavy atom. The van der Waals surface area contributed by atoms with Crippen LogP contribution in [0.1, 0.15) is 39.1 Å². The second-order valence-corrected chi connectivity index (χ2v) is 8.10. The van der Waals surface area contributed by atoms with E-state index in [0.29, 0.717) is 25.3 Å². The van der Waals surface area contributed by atoms with E-state index in [1.54, 1.807) is 16.2 Å². The number of ether oxygens (including phenoxy) is 1. The van der Waals surface area contributed by atoms with Crippen molar-refractivity contribution in [3.05, 3.63) is 38.5 Å². The molecule has 1 fully saturated rings. The molecule has 8 heteroatoms. The lowest BCUT2D eigenvalue weighted by molar-refractivity contribution is 0.0949. The largest absolute Gasteiger partial charge is 0.436 e. The number of carbonyl (C=O) groups is 2. The number of likely N-dealkylation sites (tertiary alicyclic amines) is 1. The van der Waals surface area contributed by atoms with Crippen molar-refractivity contribution in [3.8, 4) is 12.3 Å². The monoisotopic (exact) mass is 403 g/mol. The number of nitrogens with one attached hydrogen (secondary N) is 1. The number of piperidine rings is 1. The van der Waals surface area contributed by atoms with Gasteiger partial charge in [-0.05, 0) is 30.7 Å². The molecular formula is C19H21N3O3S2. The number of terminal acetylenes is 1. The molecule has 0 spiro atoms. The van der Waals surface area contributed by atoms with Crippen molar-refractivity contribution in [2.45, 2.75) is 25.2 Å². The first-order valence-corrected chi connectivity index (χ1v) is 10.5. The van der Waals surface area contributed by atoms with Gasteiger partial charge in [0.25, 0.3) is 5.91 Å². The highest BCUT2D eigenvalue weighted by molar-refractivity contribution is 7.10. The highest BCUT2D eigenvalue weighted by Gasteiger charge is 2.27. The third-order valence-corrected chi connectivity index (χ3v) is 6.32. The summed E-state index contributed by atoms with van der Waals surface area (Å²) in [6, 6.07) is 4.07. The molecule has 0 aromatic carbocycles. The predicted molar refractivity (Wildman–Crippen MR) is 106 cm³/mol. The minimum absolute atomic E-state index is 0.00377. The Morgan fingerprint density at radius 2 is 2.19 bits per heavy atom. The average Bonchev–Trinajstić information content (AvgIpc) is 3.38. The van der Waals surface area contributed by atoms with E-state index in [-0.39, 0.29) is 24.5 Å². The van der Waals surface area contributed by atoms with Crippen LogP contribution in [0.25, 0.3) is 0 Å². The number of nitrogens with zero attached hydrogens (tertiary/aromatic N) is 2. The molecule has 0 unspecified atom stereocenters. The van der Waals surface area contributed by atoms with Crippen LogP contribution in [0.15, 0.2) is 22.9 Å². The van der Waals surface area contributed by atoms with Gasteiger partial charge in [-0.1, -0.05) is 12.0 Å². The Morgan fingerprint density at radius 1 is 1.37 bits per heavy atom. The van der Waals surface area contributed by atoms with Gasteiger partial charge >= 0.3 is 6.09 Å². The first-order chi connectivity index (χ1) is 13.2. The van der Waals surface area contributed by atoms with Gasteiger partial charge in [0.2, 0.25) is 0 Å². The predicted octanol–water partition coefficient (Wildman–Crippen LogP) is 3.13. The number of aromatic nitrogens is 1. The fraction of sp³-hybridized carbons (Fsp3) is 0.421. The third-order valence-electron chi connectivity index (χ3n) is 4.37. The molecule has 2 amide bonds. The van der Waals surface area contributed by atoms with E-state index in [2.05, 4.69) is 22.3 Å². The fourth-order valence-corrected chi connectivity index (χ4v) is 4.61. The smallest absolute Gasteiger partial charge is 0.410 e. The van der Waals surface area contributed by atoms with Crippen LogP contribution in [0.3, 0.4) is 0 Å². The summed E-state index contributed by atoms with van der Waals surface area (Å²) >= 11 is 3.20. The van der Waals surface area contributed by atoms with Crippen molar-refractivity contribution in [1.29, 1.82) is 0 Å². The van der Waals surface area contributed by atoms with Gasteiger partial charge in [0.05, 0.1) is 5.01 Å². The molecule has 2 aromatic rings. The normalized spacial score (nSPS) is 14.6. The quantitative estimate of drug-likeness (QED) is 0.753. The highest BCUT2D eigenvalue weighted by Crippen LogP contribution is 2.30. The van der Waals surface area contributed by atoms with E-state index >= 15 is 0 Å². The van der Waals surface area contributed by atoms with E-state index in [0.717, 1.165) is 24.3 Å². The first kappa shape index (κ1) is 19.4. The van der Waals surface area contributed by atoms with Crippen LogP contribution >= 0.6 is 22.7 Å². The van der Waals surface area contributed by atoms with Crippen LogP contribution in [-0.2, 0) is 11.2 Å². The van der Waals surface area contributed by atoms with Crippen LogP contribution in [0.4, 0.5) is 4.79 Å². The van der Waals surface area contributed by atoms with Crippen LogP contribution in [-0.4, -0.2) is 48.1 Å². The fourth-order valence-electron chi connectivity index (χ4n) is 2.93. The molecule has 0 aliphatic carbocycles. The van der Waals surface area contributed by atoms with Gasteiger partial charge in [-0.3, -0.25) is 4.79 Å². The Hall–Kier alpha value is -2.37. The van der Waals surface area contributed by atoms with Gasteiger partial charge in [0.1, 0.15) is 5.69 Å². The van der Waals surface area contributed by atoms with Gasteiger partial charge in [0, 0.05) is 35.8 Å². The topological polar surface area (TPSA) is 71.5 Å². The molecule has 142 valence electrons. The molecule has 1 aliphatic heterocycles. The number of hydrogen-bond donors (Lipinski definition) is 1. The maximum absolute atomic E-state index is 12.3. The maximum Gasteiger partial charge on any atom is 0.410 e. The number of thiazole rings is 1. The lowest BCUT2D eigenvalue weighted by Crippen LogP contribution is -2.38. The molecule has 0 atom stereocenters. The number of rotatable bonds is 6. The second-order valence-electron chi connectivity index (χ2n) is 6.18. The van der Waals surface area contributed by atoms with E-state index in [1.807, 2.05) is 16.8 Å². The molecule has 6 nitrogen and oxygen atoms in total. The van der Waals surface area contributed by atoms with Gasteiger partial charge in [-0.25, -0.2) is 9.78 Å². The lowest BCUT2D eigenvalue weighted by atomic mass is 9.98. The van der Waals surface area contributed by atoms with Crippen LogP contribution in [0.5, 0.6) is 0 Å². The zero-order chi connectivity index (χ0) is 19.1. The average molecular weight is 404 g/mol. The van der Waals surface area contributed by atoms with Crippen molar-refractivity contribution in [1.82, 2.24) is 15.2 Å². The molecule has 27 heavy (non-hydrogen) atoms. The summed E-state index contributed by atoms with van der Waals surface area (Å²) in [5.41, 5.74) is 0.469. The molecule has 1 saturated heterocycles. The summed E-state index contributed by atoms with van der Waals surface area (Å²) in [5, 5.41) is 7.72. The van der Waals surface area contributed by atoms with E-state index in [9.17, 15) is 9.59 Å². The Kier molecular flexibility index (Phi) is 6.85. The van der Waals surface area contributed by atoms with Crippen molar-refractivity contribution in [2.24, 2.45) is 0 Å². The maximum atomic E-state index is 12.3. The summed E-state index contributed by atoms with van der Waals surface area (Å²) < 4.78 is 4.96. The lowest BCUT2D eigenvalue weighted by Gasteiger charge is -2.30. The molecule has 3 rings (SSSR count). The Balaban J connectivity index is 1.46. The van der Waals surface area contributed by atoms with Crippen LogP contribution in [0, 0.1) is 12.3 Å². The summed E-state index contributed by atoms with van der Waals surface area (Å²) in [6.07, 6.45) is 7.17. The van der Waals surface area contributed by atoms with Crippen LogP contribution in [0.2, 0.25) is 0 Å². The van der Waals surface area contributed by atoms with Gasteiger partial charge < -0.3 is 15.0 Å². The molecular weight excluding hydrogens is 382 g/mol. The summed E-state index contributed by atoms with van der Waals surface area (Å²) in [5.74, 6) is 2.42. The van der Waals surface area contributed by atoms with Crippen molar-refractivity contribution < 1.29 is 14.3 Å². The minimum atomic E-state index is -0.364. The number of carbonyl (C=O) groups excluding carboxylic acids is 2. The standard InChI is InChI=1S/C19H21N3O3S2/c1-2-11-25-19(24)22-9-6-14(7-10-22)18-21-16(13-27-18)17(23)20-8-5-15-4-3-12-26-15/h1,3-4,12-14H,5-11H2,(H,20,23). The molecule has 0 radical (unpaired) electrons. The second kappa shape index (κ2) is 9.53. The number of amides is 2. The summed E-state index contributed by atoms with van der Waals surface area (Å²) in [4.78, 5) is 31.5. The zero-order valence-corrected chi connectivity index (χ0v) is 16.5. The minimum Gasteiger partial charge on any atom is -0.436 e. The van der Waals surface area contributed by atoms with Gasteiger partial charge in [0.15, 0.2) is 6.61 Å². The molecule has 0 bridgehead atoms. The number of thiophene rings is 1. The summed E-state index contributed by atoms with van der Waals surface area (Å²) in [6.45, 7) is 1.81. The zero-order valence-electron chi connectivity index (χ0n) is 14.8. The Labute approximate surface area is 166 Å². The first-order valence-electron chi connectivity index (χ1n) is 8.78. The van der Waals surface area contributed by atoms with Gasteiger partial charge in [-0.2, -0.15) is 0 Å². The van der Waals surface area contributed by atoms with Crippen molar-refractivity contribution >= 4 is 34.7 Å². The third kappa shape index (κ3) is 5.31. The molecule has 3 heterocycles. The molecule has 1 N–H and O–H groups in total. The summed E-state index contributed by atoms with van der Waals surface area (Å²) in [7, 11) is 0. The number of hydrogen-bond acceptors (Lipinski definition) is 6. The van der Waals surface area contributed by atoms with E-state index in [4.69, 9.17) is 11.2 Å². The highest BCUT2D eigenvalue weighted by atomic mass is 32.1. The molecule has 0 saturated carbocycles. The van der Waals surface area contributed by atoms with E-state index in [1.165, 1.54) is 16.2 Å². The Bertz CT molecular complexity index is 803.